The Morgan fingerprint density at radius 3 is 2.06 bits per heavy atom. The van der Waals surface area contributed by atoms with Crippen molar-refractivity contribution in [2.75, 3.05) is 6.61 Å². The molecule has 0 radical (unpaired) electrons. The second-order valence-corrected chi connectivity index (χ2v) is 12.0. The lowest BCUT2D eigenvalue weighted by atomic mass is 9.46. The van der Waals surface area contributed by atoms with E-state index in [4.69, 9.17) is 0 Å². The molecule has 4 aliphatic carbocycles. The maximum absolute atomic E-state index is 13.3. The van der Waals surface area contributed by atoms with Crippen LogP contribution in [-0.2, 0) is 4.79 Å². The Hall–Kier alpha value is -0.830. The van der Waals surface area contributed by atoms with Crippen LogP contribution in [0.5, 0.6) is 0 Å². The van der Waals surface area contributed by atoms with Crippen LogP contribution in [0.15, 0.2) is 12.2 Å². The summed E-state index contributed by atoms with van der Waals surface area (Å²) in [6, 6.07) is -0.128. The van der Waals surface area contributed by atoms with Gasteiger partial charge in [-0.1, -0.05) is 90.2 Å². The number of aliphatic hydroxyl groups is 1. The van der Waals surface area contributed by atoms with Gasteiger partial charge in [-0.3, -0.25) is 4.79 Å². The van der Waals surface area contributed by atoms with Crippen molar-refractivity contribution < 1.29 is 9.90 Å². The third-order valence-corrected chi connectivity index (χ3v) is 9.34. The fourth-order valence-electron chi connectivity index (χ4n) is 7.38. The molecule has 0 aliphatic heterocycles. The number of carbonyl (C=O) groups excluding carboxylic acids is 1. The monoisotopic (exact) mass is 459 g/mol. The van der Waals surface area contributed by atoms with Crippen molar-refractivity contribution in [1.29, 1.82) is 0 Å². The van der Waals surface area contributed by atoms with E-state index in [0.717, 1.165) is 55.8 Å². The van der Waals surface area contributed by atoms with Gasteiger partial charge in [-0.2, -0.15) is 0 Å². The Kier molecular flexibility index (Phi) is 11.3. The third-order valence-electron chi connectivity index (χ3n) is 9.34. The third kappa shape index (κ3) is 7.84. The van der Waals surface area contributed by atoms with Crippen molar-refractivity contribution in [3.63, 3.8) is 0 Å². The maximum atomic E-state index is 13.3. The van der Waals surface area contributed by atoms with E-state index in [2.05, 4.69) is 31.3 Å². The summed E-state index contributed by atoms with van der Waals surface area (Å²) in [7, 11) is 0. The van der Waals surface area contributed by atoms with Crippen LogP contribution in [0.25, 0.3) is 0 Å². The molecule has 1 amide bonds. The Labute approximate surface area is 204 Å². The van der Waals surface area contributed by atoms with E-state index < -0.39 is 0 Å². The molecular weight excluding hydrogens is 406 g/mol. The SMILES string of the molecule is CCCCCCCCCCCCC/C=C/CC(CO)NC(=O)C12CC3CC(C1)C(C)C(C3)C2. The highest BCUT2D eigenvalue weighted by Gasteiger charge is 2.57. The molecule has 3 atom stereocenters. The van der Waals surface area contributed by atoms with E-state index in [-0.39, 0.29) is 24.0 Å². The van der Waals surface area contributed by atoms with Gasteiger partial charge in [-0.05, 0) is 75.0 Å². The summed E-state index contributed by atoms with van der Waals surface area (Å²) >= 11 is 0. The van der Waals surface area contributed by atoms with Gasteiger partial charge in [0.2, 0.25) is 5.91 Å². The number of aliphatic hydroxyl groups excluding tert-OH is 1. The van der Waals surface area contributed by atoms with Crippen molar-refractivity contribution in [1.82, 2.24) is 5.32 Å². The summed E-state index contributed by atoms with van der Waals surface area (Å²) in [5, 5.41) is 13.1. The van der Waals surface area contributed by atoms with E-state index in [9.17, 15) is 9.90 Å². The zero-order chi connectivity index (χ0) is 23.5. The summed E-state index contributed by atoms with van der Waals surface area (Å²) in [6.45, 7) is 4.73. The van der Waals surface area contributed by atoms with Crippen LogP contribution in [0.1, 0.15) is 129 Å². The smallest absolute Gasteiger partial charge is 0.226 e. The van der Waals surface area contributed by atoms with Gasteiger partial charge in [0.05, 0.1) is 12.6 Å². The molecule has 190 valence electrons. The van der Waals surface area contributed by atoms with Gasteiger partial charge in [-0.15, -0.1) is 0 Å². The Balaban J connectivity index is 1.24. The highest BCUT2D eigenvalue weighted by atomic mass is 16.3. The van der Waals surface area contributed by atoms with Crippen LogP contribution in [0, 0.1) is 29.1 Å². The minimum atomic E-state index is -0.129. The van der Waals surface area contributed by atoms with Crippen LogP contribution in [0.4, 0.5) is 0 Å². The largest absolute Gasteiger partial charge is 0.394 e. The average molecular weight is 460 g/mol. The molecule has 2 N–H and O–H groups in total. The lowest BCUT2D eigenvalue weighted by molar-refractivity contribution is -0.153. The molecule has 0 saturated heterocycles. The van der Waals surface area contributed by atoms with Crippen LogP contribution < -0.4 is 5.32 Å². The number of unbranched alkanes of at least 4 members (excludes halogenated alkanes) is 11. The summed E-state index contributed by atoms with van der Waals surface area (Å²) in [6.07, 6.45) is 27.4. The van der Waals surface area contributed by atoms with Crippen molar-refractivity contribution in [3.8, 4) is 0 Å². The van der Waals surface area contributed by atoms with Crippen molar-refractivity contribution in [2.24, 2.45) is 29.1 Å². The van der Waals surface area contributed by atoms with E-state index in [1.54, 1.807) is 0 Å². The molecule has 4 saturated carbocycles. The lowest BCUT2D eigenvalue weighted by Crippen LogP contribution is -2.57. The van der Waals surface area contributed by atoms with Crippen molar-refractivity contribution in [2.45, 2.75) is 135 Å². The molecule has 33 heavy (non-hydrogen) atoms. The highest BCUT2D eigenvalue weighted by Crippen LogP contribution is 2.62. The fourth-order valence-corrected chi connectivity index (χ4v) is 7.38. The van der Waals surface area contributed by atoms with E-state index >= 15 is 0 Å². The molecule has 4 rings (SSSR count). The molecule has 4 aliphatic rings. The van der Waals surface area contributed by atoms with Gasteiger partial charge < -0.3 is 10.4 Å². The number of rotatable bonds is 17. The first-order valence-corrected chi connectivity index (χ1v) is 14.6. The quantitative estimate of drug-likeness (QED) is 0.174. The Bertz CT molecular complexity index is 584. The predicted octanol–water partition coefficient (Wildman–Crippen LogP) is 7.57. The topological polar surface area (TPSA) is 49.3 Å². The fraction of sp³-hybridized carbons (Fsp3) is 0.900. The number of hydrogen-bond donors (Lipinski definition) is 2. The van der Waals surface area contributed by atoms with E-state index in [1.165, 1.54) is 83.5 Å². The molecule has 0 aromatic carbocycles. The lowest BCUT2D eigenvalue weighted by Gasteiger charge is -2.58. The Morgan fingerprint density at radius 1 is 0.909 bits per heavy atom. The zero-order valence-electron chi connectivity index (χ0n) is 21.8. The van der Waals surface area contributed by atoms with Gasteiger partial charge in [0.15, 0.2) is 0 Å². The Morgan fingerprint density at radius 2 is 1.48 bits per heavy atom. The summed E-state index contributed by atoms with van der Waals surface area (Å²) in [5.41, 5.74) is -0.129. The molecule has 3 nitrogen and oxygen atoms in total. The second-order valence-electron chi connectivity index (χ2n) is 12.0. The highest BCUT2D eigenvalue weighted by molar-refractivity contribution is 5.83. The predicted molar refractivity (Wildman–Crippen MR) is 139 cm³/mol. The molecular formula is C30H53NO2. The molecule has 3 heteroatoms. The standard InChI is InChI=1S/C30H53NO2/c1-3-4-5-6-7-8-9-10-11-12-13-14-15-16-17-28(23-32)31-29(33)30-20-25-18-26(21-30)24(2)27(19-25)22-30/h15-16,24-28,32H,3-14,17-23H2,1-2H3,(H,31,33)/b16-15+. The van der Waals surface area contributed by atoms with Crippen molar-refractivity contribution >= 4 is 5.91 Å². The van der Waals surface area contributed by atoms with Gasteiger partial charge in [0.25, 0.3) is 0 Å². The first-order valence-electron chi connectivity index (χ1n) is 14.6. The van der Waals surface area contributed by atoms with Crippen LogP contribution in [0.3, 0.4) is 0 Å². The molecule has 0 spiro atoms. The molecule has 3 unspecified atom stereocenters. The van der Waals surface area contributed by atoms with Gasteiger partial charge >= 0.3 is 0 Å². The molecule has 4 fully saturated rings. The van der Waals surface area contributed by atoms with Crippen LogP contribution in [0.2, 0.25) is 0 Å². The minimum Gasteiger partial charge on any atom is -0.394 e. The summed E-state index contributed by atoms with van der Waals surface area (Å²) in [4.78, 5) is 13.3. The first-order chi connectivity index (χ1) is 16.1. The molecule has 0 aromatic rings. The minimum absolute atomic E-state index is 0.0390. The molecule has 0 aromatic heterocycles. The first kappa shape index (κ1) is 26.8. The number of allylic oxidation sites excluding steroid dienone is 1. The second kappa shape index (κ2) is 13.9. The zero-order valence-corrected chi connectivity index (χ0v) is 21.8. The van der Waals surface area contributed by atoms with Crippen molar-refractivity contribution in [3.05, 3.63) is 12.2 Å². The van der Waals surface area contributed by atoms with Crippen LogP contribution >= 0.6 is 0 Å². The van der Waals surface area contributed by atoms with E-state index in [0.29, 0.717) is 0 Å². The maximum Gasteiger partial charge on any atom is 0.226 e. The number of nitrogens with one attached hydrogen (secondary N) is 1. The summed E-state index contributed by atoms with van der Waals surface area (Å²) < 4.78 is 0. The van der Waals surface area contributed by atoms with E-state index in [1.807, 2.05) is 0 Å². The van der Waals surface area contributed by atoms with Gasteiger partial charge in [-0.25, -0.2) is 0 Å². The normalized spacial score (nSPS) is 31.4. The number of carbonyl (C=O) groups is 1. The van der Waals surface area contributed by atoms with Crippen LogP contribution in [-0.4, -0.2) is 23.7 Å². The molecule has 0 heterocycles. The summed E-state index contributed by atoms with van der Waals surface area (Å²) in [5.74, 6) is 3.31. The van der Waals surface area contributed by atoms with Gasteiger partial charge in [0.1, 0.15) is 0 Å². The molecule has 4 bridgehead atoms. The number of amides is 1. The number of hydrogen-bond acceptors (Lipinski definition) is 2. The average Bonchev–Trinajstić information content (AvgIpc) is 2.81. The van der Waals surface area contributed by atoms with Gasteiger partial charge in [0, 0.05) is 5.41 Å².